The van der Waals surface area contributed by atoms with E-state index in [1.165, 1.54) is 23.9 Å². The maximum absolute atomic E-state index is 13.9. The molecule has 0 saturated heterocycles. The van der Waals surface area contributed by atoms with E-state index in [2.05, 4.69) is 26.9 Å². The fourth-order valence-corrected chi connectivity index (χ4v) is 4.10. The average Bonchev–Trinajstić information content (AvgIpc) is 3.35. The van der Waals surface area contributed by atoms with Gasteiger partial charge in [0.2, 0.25) is 11.1 Å². The molecule has 1 N–H and O–H groups in total. The van der Waals surface area contributed by atoms with Crippen LogP contribution in [-0.4, -0.2) is 36.4 Å². The fourth-order valence-electron chi connectivity index (χ4n) is 3.41. The van der Waals surface area contributed by atoms with Crippen LogP contribution >= 0.6 is 11.8 Å². The fraction of sp³-hybridized carbons (Fsp3) is 0.174. The number of carbonyl (C=O) groups is 1. The van der Waals surface area contributed by atoms with Crippen molar-refractivity contribution in [3.05, 3.63) is 76.7 Å². The van der Waals surface area contributed by atoms with Crippen molar-refractivity contribution in [1.82, 2.24) is 24.8 Å². The zero-order valence-electron chi connectivity index (χ0n) is 18.2. The van der Waals surface area contributed by atoms with Gasteiger partial charge in [-0.1, -0.05) is 35.5 Å². The molecular weight excluding hydrogens is 441 g/mol. The Labute approximate surface area is 194 Å². The summed E-state index contributed by atoms with van der Waals surface area (Å²) < 4.78 is 17.1. The van der Waals surface area contributed by atoms with Crippen LogP contribution in [0.2, 0.25) is 0 Å². The van der Waals surface area contributed by atoms with Crippen LogP contribution in [0.25, 0.3) is 11.4 Å². The van der Waals surface area contributed by atoms with Gasteiger partial charge in [0.15, 0.2) is 0 Å². The van der Waals surface area contributed by atoms with Crippen molar-refractivity contribution in [1.29, 1.82) is 5.26 Å². The summed E-state index contributed by atoms with van der Waals surface area (Å²) in [6, 6.07) is 15.8. The van der Waals surface area contributed by atoms with E-state index in [0.717, 1.165) is 16.9 Å². The summed E-state index contributed by atoms with van der Waals surface area (Å²) in [7, 11) is 0. The number of nitriles is 1. The molecule has 0 aliphatic heterocycles. The van der Waals surface area contributed by atoms with E-state index in [9.17, 15) is 14.4 Å². The lowest BCUT2D eigenvalue weighted by Gasteiger charge is -2.13. The molecule has 2 heterocycles. The molecule has 2 aromatic heterocycles. The first kappa shape index (κ1) is 22.2. The smallest absolute Gasteiger partial charge is 0.236 e. The summed E-state index contributed by atoms with van der Waals surface area (Å²) in [4.78, 5) is 12.8. The second-order valence-corrected chi connectivity index (χ2v) is 8.35. The Morgan fingerprint density at radius 3 is 2.61 bits per heavy atom. The maximum atomic E-state index is 13.9. The first-order valence-corrected chi connectivity index (χ1v) is 11.0. The number of hydrogen-bond donors (Lipinski definition) is 1. The number of tetrazole rings is 1. The van der Waals surface area contributed by atoms with Gasteiger partial charge in [0, 0.05) is 5.69 Å². The second kappa shape index (κ2) is 9.26. The maximum Gasteiger partial charge on any atom is 0.236 e. The van der Waals surface area contributed by atoms with Crippen LogP contribution in [0.15, 0.2) is 53.7 Å². The SMILES string of the molecule is Cc1ccc(-n2nnnc2SCC(=O)Nc2c(C#N)c(C)c(C)n2-c2cccc(F)c2)cc1. The molecule has 0 atom stereocenters. The largest absolute Gasteiger partial charge is 0.310 e. The number of rotatable bonds is 6. The van der Waals surface area contributed by atoms with Crippen LogP contribution in [0.3, 0.4) is 0 Å². The summed E-state index contributed by atoms with van der Waals surface area (Å²) in [6.45, 7) is 5.60. The van der Waals surface area contributed by atoms with Crippen LogP contribution in [0.1, 0.15) is 22.4 Å². The third kappa shape index (κ3) is 4.49. The van der Waals surface area contributed by atoms with Crippen molar-refractivity contribution < 1.29 is 9.18 Å². The minimum absolute atomic E-state index is 0.0174. The Bertz CT molecular complexity index is 1370. The second-order valence-electron chi connectivity index (χ2n) is 7.41. The number of nitrogens with one attached hydrogen (secondary N) is 1. The number of aromatic nitrogens is 5. The van der Waals surface area contributed by atoms with Gasteiger partial charge in [0.05, 0.1) is 22.7 Å². The van der Waals surface area contributed by atoms with Crippen LogP contribution < -0.4 is 5.32 Å². The quantitative estimate of drug-likeness (QED) is 0.434. The van der Waals surface area contributed by atoms with Gasteiger partial charge < -0.3 is 5.32 Å². The zero-order valence-corrected chi connectivity index (χ0v) is 19.0. The molecule has 1 amide bonds. The Morgan fingerprint density at radius 2 is 1.91 bits per heavy atom. The molecule has 2 aromatic carbocycles. The molecule has 4 aromatic rings. The summed E-state index contributed by atoms with van der Waals surface area (Å²) in [5.41, 5.74) is 4.20. The number of nitrogens with zero attached hydrogens (tertiary/aromatic N) is 6. The molecule has 0 radical (unpaired) electrons. The molecule has 4 rings (SSSR count). The number of amides is 1. The van der Waals surface area contributed by atoms with Gasteiger partial charge in [-0.25, -0.2) is 4.39 Å². The minimum atomic E-state index is -0.410. The first-order valence-electron chi connectivity index (χ1n) is 10.0. The normalized spacial score (nSPS) is 10.8. The molecule has 0 saturated carbocycles. The summed E-state index contributed by atoms with van der Waals surface area (Å²) in [5, 5.41) is 24.7. The Hall–Kier alpha value is -3.97. The van der Waals surface area contributed by atoms with Gasteiger partial charge in [-0.2, -0.15) is 9.94 Å². The van der Waals surface area contributed by atoms with Crippen molar-refractivity contribution in [2.45, 2.75) is 25.9 Å². The lowest BCUT2D eigenvalue weighted by atomic mass is 10.2. The number of halogens is 1. The number of anilines is 1. The number of carbonyl (C=O) groups excluding carboxylic acids is 1. The van der Waals surface area contributed by atoms with Crippen molar-refractivity contribution in [2.75, 3.05) is 11.1 Å². The predicted octanol–water partition coefficient (Wildman–Crippen LogP) is 4.12. The highest BCUT2D eigenvalue weighted by Gasteiger charge is 2.21. The molecule has 0 fully saturated rings. The molecular formula is C23H20FN7OS. The molecule has 10 heteroatoms. The summed E-state index contributed by atoms with van der Waals surface area (Å²) >= 11 is 1.17. The van der Waals surface area contributed by atoms with Gasteiger partial charge in [0.25, 0.3) is 0 Å². The van der Waals surface area contributed by atoms with Gasteiger partial charge >= 0.3 is 0 Å². The van der Waals surface area contributed by atoms with Crippen molar-refractivity contribution in [3.8, 4) is 17.4 Å². The highest BCUT2D eigenvalue weighted by molar-refractivity contribution is 7.99. The van der Waals surface area contributed by atoms with Gasteiger partial charge in [-0.3, -0.25) is 9.36 Å². The highest BCUT2D eigenvalue weighted by Crippen LogP contribution is 2.30. The molecule has 0 aliphatic rings. The molecule has 0 bridgehead atoms. The lowest BCUT2D eigenvalue weighted by Crippen LogP contribution is -2.18. The lowest BCUT2D eigenvalue weighted by molar-refractivity contribution is -0.113. The van der Waals surface area contributed by atoms with Gasteiger partial charge in [-0.15, -0.1) is 5.10 Å². The predicted molar refractivity (Wildman–Crippen MR) is 123 cm³/mol. The van der Waals surface area contributed by atoms with Crippen molar-refractivity contribution >= 4 is 23.5 Å². The van der Waals surface area contributed by atoms with E-state index in [1.807, 2.05) is 38.1 Å². The third-order valence-electron chi connectivity index (χ3n) is 5.20. The number of hydrogen-bond acceptors (Lipinski definition) is 6. The Kier molecular flexibility index (Phi) is 6.24. The Morgan fingerprint density at radius 1 is 1.15 bits per heavy atom. The highest BCUT2D eigenvalue weighted by atomic mass is 32.2. The molecule has 0 unspecified atom stereocenters. The third-order valence-corrected chi connectivity index (χ3v) is 6.12. The number of benzene rings is 2. The molecule has 166 valence electrons. The standard InChI is InChI=1S/C23H20FN7OS/c1-14-7-9-18(10-8-14)31-23(27-28-29-31)33-13-21(32)26-22-20(12-25)15(2)16(3)30(22)19-6-4-5-17(24)11-19/h4-11H,13H2,1-3H3,(H,26,32). The first-order chi connectivity index (χ1) is 15.9. The molecule has 33 heavy (non-hydrogen) atoms. The topological polar surface area (TPSA) is 101 Å². The summed E-state index contributed by atoms with van der Waals surface area (Å²) in [6.07, 6.45) is 0. The van der Waals surface area contributed by atoms with Crippen LogP contribution in [0.5, 0.6) is 0 Å². The van der Waals surface area contributed by atoms with E-state index in [1.54, 1.807) is 28.3 Å². The van der Waals surface area contributed by atoms with Crippen molar-refractivity contribution in [2.24, 2.45) is 0 Å². The van der Waals surface area contributed by atoms with E-state index in [0.29, 0.717) is 27.8 Å². The number of thioether (sulfide) groups is 1. The molecule has 0 spiro atoms. The monoisotopic (exact) mass is 461 g/mol. The summed E-state index contributed by atoms with van der Waals surface area (Å²) in [5.74, 6) is -0.428. The average molecular weight is 462 g/mol. The van der Waals surface area contributed by atoms with Gasteiger partial charge in [-0.05, 0) is 67.1 Å². The van der Waals surface area contributed by atoms with Crippen LogP contribution in [-0.2, 0) is 4.79 Å². The minimum Gasteiger partial charge on any atom is -0.310 e. The number of aryl methyl sites for hydroxylation is 1. The van der Waals surface area contributed by atoms with E-state index in [4.69, 9.17) is 0 Å². The van der Waals surface area contributed by atoms with Gasteiger partial charge in [0.1, 0.15) is 17.7 Å². The van der Waals surface area contributed by atoms with E-state index in [-0.39, 0.29) is 11.7 Å². The molecule has 0 aliphatic carbocycles. The Balaban J connectivity index is 1.57. The van der Waals surface area contributed by atoms with E-state index >= 15 is 0 Å². The zero-order chi connectivity index (χ0) is 23.5. The van der Waals surface area contributed by atoms with Crippen molar-refractivity contribution in [3.63, 3.8) is 0 Å². The van der Waals surface area contributed by atoms with E-state index < -0.39 is 5.82 Å². The van der Waals surface area contributed by atoms with Crippen LogP contribution in [0.4, 0.5) is 10.2 Å². The van der Waals surface area contributed by atoms with Crippen LogP contribution in [0, 0.1) is 37.9 Å². The molecule has 8 nitrogen and oxygen atoms in total.